The van der Waals surface area contributed by atoms with Crippen LogP contribution < -0.4 is 0 Å². The topological polar surface area (TPSA) is 55.8 Å². The molecule has 1 heterocycles. The van der Waals surface area contributed by atoms with Gasteiger partial charge < -0.3 is 14.6 Å². The molecule has 4 saturated carbocycles. The number of carbonyl (C=O) groups excluding carboxylic acids is 1. The van der Waals surface area contributed by atoms with E-state index in [0.29, 0.717) is 29.5 Å². The number of carbonyl (C=O) groups is 1. The van der Waals surface area contributed by atoms with Gasteiger partial charge in [-0.2, -0.15) is 0 Å². The van der Waals surface area contributed by atoms with E-state index in [1.54, 1.807) is 12.5 Å². The van der Waals surface area contributed by atoms with E-state index in [2.05, 4.69) is 40.7 Å². The number of alkyl halides is 1. The smallest absolute Gasteiger partial charge is 0.181 e. The van der Waals surface area contributed by atoms with E-state index in [4.69, 9.17) is 9.47 Å². The summed E-state index contributed by atoms with van der Waals surface area (Å²) in [5.74, 6) is 2.94. The van der Waals surface area contributed by atoms with Gasteiger partial charge in [-0.25, -0.2) is 4.39 Å². The molecule has 0 amide bonds. The summed E-state index contributed by atoms with van der Waals surface area (Å²) in [7, 11) is 0. The zero-order chi connectivity index (χ0) is 28.0. The fourth-order valence-electron chi connectivity index (χ4n) is 11.3. The second-order valence-electron chi connectivity index (χ2n) is 16.1. The Hall–Kier alpha value is -0.780. The molecule has 6 aliphatic rings. The second-order valence-corrected chi connectivity index (χ2v) is 16.1. The molecule has 220 valence electrons. The quantitative estimate of drug-likeness (QED) is 0.376. The van der Waals surface area contributed by atoms with Gasteiger partial charge >= 0.3 is 0 Å². The molecule has 0 aromatic rings. The van der Waals surface area contributed by atoms with E-state index >= 15 is 0 Å². The summed E-state index contributed by atoms with van der Waals surface area (Å²) < 4.78 is 25.7. The molecule has 0 spiro atoms. The fraction of sp³-hybridized carbons (Fsp3) is 0.912. The average Bonchev–Trinajstić information content (AvgIpc) is 2.88. The first-order chi connectivity index (χ1) is 18.3. The van der Waals surface area contributed by atoms with E-state index in [1.165, 1.54) is 32.1 Å². The van der Waals surface area contributed by atoms with Crippen molar-refractivity contribution in [3.05, 3.63) is 11.6 Å². The molecule has 6 rings (SSSR count). The van der Waals surface area contributed by atoms with Crippen molar-refractivity contribution in [3.63, 3.8) is 0 Å². The van der Waals surface area contributed by atoms with Gasteiger partial charge in [-0.3, -0.25) is 4.79 Å². The summed E-state index contributed by atoms with van der Waals surface area (Å²) in [5, 5.41) is 10.9. The maximum atomic E-state index is 13.7. The fourth-order valence-corrected chi connectivity index (χ4v) is 11.3. The number of hydrogen-bond donors (Lipinski definition) is 1. The van der Waals surface area contributed by atoms with Crippen LogP contribution in [0, 0.1) is 51.2 Å². The predicted octanol–water partition coefficient (Wildman–Crippen LogP) is 7.43. The highest BCUT2D eigenvalue weighted by Crippen LogP contribution is 2.71. The van der Waals surface area contributed by atoms with Crippen molar-refractivity contribution < 1.29 is 23.8 Å². The molecule has 1 saturated heterocycles. The molecule has 12 atom stereocenters. The Labute approximate surface area is 235 Å². The van der Waals surface area contributed by atoms with Gasteiger partial charge in [-0.1, -0.05) is 46.3 Å². The predicted molar refractivity (Wildman–Crippen MR) is 151 cm³/mol. The lowest BCUT2D eigenvalue weighted by atomic mass is 9.38. The molecule has 0 aromatic heterocycles. The van der Waals surface area contributed by atoms with Gasteiger partial charge in [0.1, 0.15) is 24.7 Å². The first-order valence-corrected chi connectivity index (χ1v) is 16.1. The van der Waals surface area contributed by atoms with Crippen LogP contribution in [0.15, 0.2) is 11.6 Å². The van der Waals surface area contributed by atoms with E-state index in [0.717, 1.165) is 38.5 Å². The first kappa shape index (κ1) is 28.3. The van der Waals surface area contributed by atoms with E-state index in [-0.39, 0.29) is 27.6 Å². The molecule has 5 fully saturated rings. The van der Waals surface area contributed by atoms with Crippen LogP contribution in [0.2, 0.25) is 0 Å². The highest BCUT2D eigenvalue weighted by atomic mass is 19.1. The number of hydrogen-bond acceptors (Lipinski definition) is 4. The first-order valence-electron chi connectivity index (χ1n) is 16.1. The largest absolute Gasteiger partial charge is 0.366 e. The molecule has 0 radical (unpaired) electrons. The minimum absolute atomic E-state index is 0.0738. The minimum atomic E-state index is -0.987. The van der Waals surface area contributed by atoms with E-state index in [9.17, 15) is 14.3 Å². The third-order valence-electron chi connectivity index (χ3n) is 13.7. The maximum Gasteiger partial charge on any atom is 0.181 e. The summed E-state index contributed by atoms with van der Waals surface area (Å²) in [6.45, 7) is 13.4. The van der Waals surface area contributed by atoms with Crippen molar-refractivity contribution in [2.75, 3.05) is 6.67 Å². The zero-order valence-electron chi connectivity index (χ0n) is 25.3. The Kier molecular flexibility index (Phi) is 7.00. The normalized spacial score (nSPS) is 53.1. The molecular weight excluding hydrogens is 491 g/mol. The summed E-state index contributed by atoms with van der Waals surface area (Å²) in [6, 6.07) is 0. The Morgan fingerprint density at radius 1 is 0.949 bits per heavy atom. The van der Waals surface area contributed by atoms with Crippen LogP contribution in [0.4, 0.5) is 4.39 Å². The number of halogens is 1. The molecule has 4 nitrogen and oxygen atoms in total. The van der Waals surface area contributed by atoms with Crippen molar-refractivity contribution in [2.45, 2.75) is 137 Å². The van der Waals surface area contributed by atoms with Crippen LogP contribution in [0.1, 0.15) is 112 Å². The van der Waals surface area contributed by atoms with Crippen LogP contribution in [-0.2, 0) is 14.3 Å². The molecule has 39 heavy (non-hydrogen) atoms. The van der Waals surface area contributed by atoms with Crippen LogP contribution in [0.25, 0.3) is 0 Å². The number of fused-ring (bicyclic) bond motifs is 7. The van der Waals surface area contributed by atoms with Crippen molar-refractivity contribution in [1.29, 1.82) is 0 Å². The van der Waals surface area contributed by atoms with Gasteiger partial charge in [-0.15, -0.1) is 0 Å². The van der Waals surface area contributed by atoms with Crippen molar-refractivity contribution >= 4 is 5.78 Å². The van der Waals surface area contributed by atoms with Gasteiger partial charge in [0.25, 0.3) is 0 Å². The molecule has 1 N–H and O–H groups in total. The lowest BCUT2D eigenvalue weighted by Crippen LogP contribution is -2.60. The maximum absolute atomic E-state index is 13.7. The Morgan fingerprint density at radius 3 is 2.46 bits per heavy atom. The Bertz CT molecular complexity index is 1010. The van der Waals surface area contributed by atoms with Gasteiger partial charge in [0.05, 0.1) is 6.10 Å². The molecule has 1 aliphatic heterocycles. The average molecular weight is 545 g/mol. The van der Waals surface area contributed by atoms with Crippen LogP contribution in [0.3, 0.4) is 0 Å². The highest BCUT2D eigenvalue weighted by molar-refractivity contribution is 5.82. The lowest BCUT2D eigenvalue weighted by molar-refractivity contribution is -0.291. The minimum Gasteiger partial charge on any atom is -0.366 e. The molecule has 12 unspecified atom stereocenters. The molecular formula is C34H53FO4. The molecule has 0 aromatic carbocycles. The van der Waals surface area contributed by atoms with E-state index in [1.807, 2.05) is 0 Å². The lowest BCUT2D eigenvalue weighted by Gasteiger charge is -2.66. The van der Waals surface area contributed by atoms with E-state index < -0.39 is 31.3 Å². The summed E-state index contributed by atoms with van der Waals surface area (Å²) in [6.07, 6.45) is 12.1. The van der Waals surface area contributed by atoms with Crippen LogP contribution in [0.5, 0.6) is 0 Å². The molecule has 0 bridgehead atoms. The second kappa shape index (κ2) is 9.63. The summed E-state index contributed by atoms with van der Waals surface area (Å²) in [5.41, 5.74) is 2.58. The van der Waals surface area contributed by atoms with Gasteiger partial charge in [-0.05, 0) is 116 Å². The van der Waals surface area contributed by atoms with Crippen molar-refractivity contribution in [1.82, 2.24) is 0 Å². The molecule has 5 heteroatoms. The Balaban J connectivity index is 1.32. The van der Waals surface area contributed by atoms with Crippen LogP contribution >= 0.6 is 0 Å². The third-order valence-corrected chi connectivity index (χ3v) is 13.7. The number of aliphatic hydroxyl groups is 1. The monoisotopic (exact) mass is 544 g/mol. The van der Waals surface area contributed by atoms with Crippen molar-refractivity contribution in [3.8, 4) is 0 Å². The third kappa shape index (κ3) is 4.33. The van der Waals surface area contributed by atoms with Gasteiger partial charge in [0, 0.05) is 12.3 Å². The standard InChI is InChI=1S/C34H53FO4/c1-20-23-9-12-33(6)24-10-14-34(18-27-30(37)38-21(2)28(19-35)39-27)16-15-31(3,4)17-25(34)22(24)7-8-29(33)32(23,5)13-11-26(20)36/h7,20-21,23-25,27-30,37H,8-19H2,1-6H3. The number of ketones is 1. The van der Waals surface area contributed by atoms with Crippen molar-refractivity contribution in [2.24, 2.45) is 51.2 Å². The summed E-state index contributed by atoms with van der Waals surface area (Å²) >= 11 is 0. The number of ether oxygens (including phenoxy) is 2. The Morgan fingerprint density at radius 2 is 1.72 bits per heavy atom. The number of aliphatic hydroxyl groups excluding tert-OH is 1. The number of rotatable bonds is 3. The SMILES string of the molecule is CC1OC(O)C(CC23CCC4C(=CCC5C4(C)CCC4C(C)C(=O)CCC45C)C2CC(C)(C)CC3)OC1CF. The van der Waals surface area contributed by atoms with Gasteiger partial charge in [0.2, 0.25) is 0 Å². The van der Waals surface area contributed by atoms with Crippen LogP contribution in [-0.4, -0.2) is 42.2 Å². The zero-order valence-corrected chi connectivity index (χ0v) is 25.3. The highest BCUT2D eigenvalue weighted by Gasteiger charge is 2.63. The summed E-state index contributed by atoms with van der Waals surface area (Å²) in [4.78, 5) is 12.7. The van der Waals surface area contributed by atoms with Gasteiger partial charge in [0.15, 0.2) is 6.29 Å². The number of allylic oxidation sites excluding steroid dienone is 2. The number of Topliss-reactive ketones (excluding diaryl/α,β-unsaturated/α-hetero) is 1. The molecule has 5 aliphatic carbocycles.